The first-order valence-electron chi connectivity index (χ1n) is 7.45. The number of hydrogen-bond donors (Lipinski definition) is 3. The summed E-state index contributed by atoms with van der Waals surface area (Å²) in [4.78, 5) is 12.3. The Balaban J connectivity index is 2.02. The molecule has 24 heavy (non-hydrogen) atoms. The summed E-state index contributed by atoms with van der Waals surface area (Å²) in [5, 5.41) is 5.87. The van der Waals surface area contributed by atoms with E-state index in [9.17, 15) is 4.79 Å². The monoisotopic (exact) mass is 405 g/mol. The van der Waals surface area contributed by atoms with Gasteiger partial charge in [0.2, 0.25) is 0 Å². The molecule has 126 valence electrons. The number of benzene rings is 2. The number of carbonyl (C=O) groups is 1. The molecule has 2 aromatic rings. The Morgan fingerprint density at radius 2 is 1.75 bits per heavy atom. The first-order chi connectivity index (χ1) is 11.2. The molecular formula is C18H20BrN3OS. The van der Waals surface area contributed by atoms with Crippen LogP contribution in [-0.4, -0.2) is 11.0 Å². The number of halogens is 1. The normalized spacial score (nSPS) is 11.0. The fourth-order valence-corrected chi connectivity index (χ4v) is 2.78. The highest BCUT2D eigenvalue weighted by Gasteiger charge is 2.15. The molecule has 4 nitrogen and oxygen atoms in total. The molecule has 0 fully saturated rings. The Morgan fingerprint density at radius 3 is 2.29 bits per heavy atom. The highest BCUT2D eigenvalue weighted by molar-refractivity contribution is 9.10. The smallest absolute Gasteiger partial charge is 0.257 e. The number of rotatable bonds is 2. The number of amides is 1. The Hall–Kier alpha value is -1.92. The minimum Gasteiger partial charge on any atom is -0.399 e. The molecule has 2 rings (SSSR count). The topological polar surface area (TPSA) is 67.2 Å². The van der Waals surface area contributed by atoms with Gasteiger partial charge in [0.05, 0.1) is 5.69 Å². The number of hydrogen-bond acceptors (Lipinski definition) is 3. The molecule has 0 aliphatic carbocycles. The number of thiocarbonyl (C=S) groups is 1. The van der Waals surface area contributed by atoms with E-state index in [4.69, 9.17) is 18.0 Å². The van der Waals surface area contributed by atoms with E-state index >= 15 is 0 Å². The molecule has 0 aromatic heterocycles. The molecule has 0 unspecified atom stereocenters. The zero-order valence-corrected chi connectivity index (χ0v) is 16.2. The van der Waals surface area contributed by atoms with Gasteiger partial charge in [0.25, 0.3) is 5.91 Å². The highest BCUT2D eigenvalue weighted by Crippen LogP contribution is 2.24. The summed E-state index contributed by atoms with van der Waals surface area (Å²) in [6, 6.07) is 12.8. The van der Waals surface area contributed by atoms with Gasteiger partial charge in [-0.05, 0) is 69.5 Å². The molecule has 1 amide bonds. The highest BCUT2D eigenvalue weighted by atomic mass is 79.9. The van der Waals surface area contributed by atoms with Crippen molar-refractivity contribution < 1.29 is 4.79 Å². The minimum atomic E-state index is -0.250. The van der Waals surface area contributed by atoms with E-state index in [1.54, 1.807) is 30.3 Å². The van der Waals surface area contributed by atoms with E-state index in [0.717, 1.165) is 10.2 Å². The SMILES string of the molecule is CC(C)(C)c1ccc(C(=O)NC(=S)Nc2ccc(N)cc2Br)cc1. The fourth-order valence-electron chi connectivity index (χ4n) is 2.08. The van der Waals surface area contributed by atoms with Crippen LogP contribution in [0.25, 0.3) is 0 Å². The van der Waals surface area contributed by atoms with Gasteiger partial charge in [0, 0.05) is 15.7 Å². The second-order valence-corrected chi connectivity index (χ2v) is 7.74. The molecule has 0 radical (unpaired) electrons. The lowest BCUT2D eigenvalue weighted by molar-refractivity contribution is 0.0977. The first kappa shape index (κ1) is 18.4. The van der Waals surface area contributed by atoms with Crippen molar-refractivity contribution in [3.63, 3.8) is 0 Å². The number of carbonyl (C=O) groups excluding carboxylic acids is 1. The van der Waals surface area contributed by atoms with E-state index in [1.807, 2.05) is 12.1 Å². The van der Waals surface area contributed by atoms with E-state index in [1.165, 1.54) is 5.56 Å². The molecule has 0 aliphatic rings. The van der Waals surface area contributed by atoms with Gasteiger partial charge in [-0.3, -0.25) is 10.1 Å². The number of nitrogens with one attached hydrogen (secondary N) is 2. The van der Waals surface area contributed by atoms with E-state index in [0.29, 0.717) is 11.3 Å². The van der Waals surface area contributed by atoms with E-state index in [-0.39, 0.29) is 16.4 Å². The van der Waals surface area contributed by atoms with Gasteiger partial charge in [0.15, 0.2) is 5.11 Å². The van der Waals surface area contributed by atoms with Gasteiger partial charge >= 0.3 is 0 Å². The zero-order valence-electron chi connectivity index (χ0n) is 13.8. The predicted molar refractivity (Wildman–Crippen MR) is 107 cm³/mol. The van der Waals surface area contributed by atoms with Crippen LogP contribution >= 0.6 is 28.1 Å². The average Bonchev–Trinajstić information content (AvgIpc) is 2.49. The van der Waals surface area contributed by atoms with Gasteiger partial charge in [-0.2, -0.15) is 0 Å². The van der Waals surface area contributed by atoms with Crippen molar-refractivity contribution in [2.45, 2.75) is 26.2 Å². The molecule has 0 spiro atoms. The second kappa shape index (κ2) is 7.32. The van der Waals surface area contributed by atoms with Crippen molar-refractivity contribution in [3.05, 3.63) is 58.1 Å². The largest absolute Gasteiger partial charge is 0.399 e. The van der Waals surface area contributed by atoms with Crippen molar-refractivity contribution in [2.24, 2.45) is 0 Å². The van der Waals surface area contributed by atoms with Crippen LogP contribution in [0.2, 0.25) is 0 Å². The summed E-state index contributed by atoms with van der Waals surface area (Å²) in [5.74, 6) is -0.250. The second-order valence-electron chi connectivity index (χ2n) is 6.47. The molecule has 6 heteroatoms. The first-order valence-corrected chi connectivity index (χ1v) is 8.65. The lowest BCUT2D eigenvalue weighted by Crippen LogP contribution is -2.34. The van der Waals surface area contributed by atoms with Crippen LogP contribution in [-0.2, 0) is 5.41 Å². The Kier molecular flexibility index (Phi) is 5.62. The maximum atomic E-state index is 12.3. The maximum Gasteiger partial charge on any atom is 0.257 e. The lowest BCUT2D eigenvalue weighted by atomic mass is 9.87. The van der Waals surface area contributed by atoms with Gasteiger partial charge in [-0.25, -0.2) is 0 Å². The van der Waals surface area contributed by atoms with Crippen LogP contribution in [0, 0.1) is 0 Å². The van der Waals surface area contributed by atoms with Crippen molar-refractivity contribution in [3.8, 4) is 0 Å². The van der Waals surface area contributed by atoms with E-state index < -0.39 is 0 Å². The summed E-state index contributed by atoms with van der Waals surface area (Å²) >= 11 is 8.59. The molecule has 0 saturated heterocycles. The summed E-state index contributed by atoms with van der Waals surface area (Å²) in [6.07, 6.45) is 0. The third kappa shape index (κ3) is 4.79. The zero-order chi connectivity index (χ0) is 17.9. The third-order valence-electron chi connectivity index (χ3n) is 3.48. The molecule has 0 atom stereocenters. The molecule has 0 heterocycles. The van der Waals surface area contributed by atoms with Crippen molar-refractivity contribution in [1.82, 2.24) is 5.32 Å². The number of nitrogen functional groups attached to an aromatic ring is 1. The van der Waals surface area contributed by atoms with E-state index in [2.05, 4.69) is 47.3 Å². The Morgan fingerprint density at radius 1 is 1.12 bits per heavy atom. The average molecular weight is 406 g/mol. The van der Waals surface area contributed by atoms with Gasteiger partial charge in [-0.15, -0.1) is 0 Å². The molecular weight excluding hydrogens is 386 g/mol. The van der Waals surface area contributed by atoms with Gasteiger partial charge in [0.1, 0.15) is 0 Å². The van der Waals surface area contributed by atoms with Crippen LogP contribution in [0.3, 0.4) is 0 Å². The summed E-state index contributed by atoms with van der Waals surface area (Å²) < 4.78 is 0.772. The summed E-state index contributed by atoms with van der Waals surface area (Å²) in [5.41, 5.74) is 8.85. The van der Waals surface area contributed by atoms with Gasteiger partial charge in [-0.1, -0.05) is 32.9 Å². The van der Waals surface area contributed by atoms with Crippen LogP contribution in [0.5, 0.6) is 0 Å². The molecule has 2 aromatic carbocycles. The molecule has 0 bridgehead atoms. The summed E-state index contributed by atoms with van der Waals surface area (Å²) in [6.45, 7) is 6.39. The van der Waals surface area contributed by atoms with Crippen molar-refractivity contribution in [1.29, 1.82) is 0 Å². The maximum absolute atomic E-state index is 12.3. The van der Waals surface area contributed by atoms with Crippen molar-refractivity contribution >= 4 is 50.5 Å². The quantitative estimate of drug-likeness (QED) is 0.509. The molecule has 0 saturated carbocycles. The number of anilines is 2. The van der Waals surface area contributed by atoms with Crippen LogP contribution in [0.4, 0.5) is 11.4 Å². The minimum absolute atomic E-state index is 0.0489. The van der Waals surface area contributed by atoms with Crippen LogP contribution in [0.1, 0.15) is 36.7 Å². The fraction of sp³-hybridized carbons (Fsp3) is 0.222. The predicted octanol–water partition coefficient (Wildman–Crippen LogP) is 4.46. The lowest BCUT2D eigenvalue weighted by Gasteiger charge is -2.19. The van der Waals surface area contributed by atoms with Gasteiger partial charge < -0.3 is 11.1 Å². The van der Waals surface area contributed by atoms with Crippen LogP contribution in [0.15, 0.2) is 46.9 Å². The Bertz CT molecular complexity index is 767. The molecule has 4 N–H and O–H groups in total. The summed E-state index contributed by atoms with van der Waals surface area (Å²) in [7, 11) is 0. The molecule has 0 aliphatic heterocycles. The number of nitrogens with two attached hydrogens (primary N) is 1. The standard InChI is InChI=1S/C18H20BrN3OS/c1-18(2,3)12-6-4-11(5-7-12)16(23)22-17(24)21-15-9-8-13(20)10-14(15)19/h4-10H,20H2,1-3H3,(H2,21,22,23,24). The van der Waals surface area contributed by atoms with Crippen LogP contribution < -0.4 is 16.4 Å². The third-order valence-corrected chi connectivity index (χ3v) is 4.34. The van der Waals surface area contributed by atoms with Crippen molar-refractivity contribution in [2.75, 3.05) is 11.1 Å². The Labute approximate surface area is 156 Å².